The third kappa shape index (κ3) is 2.12. The SMILES string of the molecule is COc1ccc(N2CCCCC2=N)cc1. The van der Waals surface area contributed by atoms with E-state index in [9.17, 15) is 0 Å². The van der Waals surface area contributed by atoms with Crippen molar-refractivity contribution < 1.29 is 4.74 Å². The number of nitrogens with one attached hydrogen (secondary N) is 1. The minimum Gasteiger partial charge on any atom is -0.497 e. The molecule has 1 aromatic carbocycles. The summed E-state index contributed by atoms with van der Waals surface area (Å²) in [6.45, 7) is 0.963. The van der Waals surface area contributed by atoms with Gasteiger partial charge in [-0.2, -0.15) is 0 Å². The lowest BCUT2D eigenvalue weighted by Crippen LogP contribution is -2.34. The summed E-state index contributed by atoms with van der Waals surface area (Å²) in [5, 5.41) is 7.88. The molecule has 0 amide bonds. The summed E-state index contributed by atoms with van der Waals surface area (Å²) in [6, 6.07) is 7.91. The number of hydrogen-bond donors (Lipinski definition) is 1. The fourth-order valence-electron chi connectivity index (χ4n) is 1.88. The first-order valence-electron chi connectivity index (χ1n) is 5.30. The molecule has 1 aliphatic rings. The Bertz CT molecular complexity index is 345. The van der Waals surface area contributed by atoms with E-state index >= 15 is 0 Å². The van der Waals surface area contributed by atoms with Gasteiger partial charge in [-0.1, -0.05) is 0 Å². The van der Waals surface area contributed by atoms with Gasteiger partial charge in [-0.15, -0.1) is 0 Å². The molecule has 2 rings (SSSR count). The molecular formula is C12H16N2O. The van der Waals surface area contributed by atoms with Gasteiger partial charge in [0.1, 0.15) is 11.6 Å². The van der Waals surface area contributed by atoms with E-state index in [-0.39, 0.29) is 0 Å². The van der Waals surface area contributed by atoms with Crippen molar-refractivity contribution in [2.75, 3.05) is 18.6 Å². The lowest BCUT2D eigenvalue weighted by molar-refractivity contribution is 0.415. The maximum Gasteiger partial charge on any atom is 0.119 e. The zero-order valence-electron chi connectivity index (χ0n) is 8.99. The summed E-state index contributed by atoms with van der Waals surface area (Å²) in [6.07, 6.45) is 3.21. The first-order chi connectivity index (χ1) is 7.31. The summed E-state index contributed by atoms with van der Waals surface area (Å²) in [7, 11) is 1.66. The molecule has 0 aliphatic carbocycles. The standard InChI is InChI=1S/C12H16N2O/c1-15-11-7-5-10(6-8-11)14-9-3-2-4-12(14)13/h5-8,13H,2-4,9H2,1H3. The number of anilines is 1. The van der Waals surface area contributed by atoms with E-state index in [2.05, 4.69) is 4.90 Å². The van der Waals surface area contributed by atoms with Gasteiger partial charge in [0.05, 0.1) is 7.11 Å². The van der Waals surface area contributed by atoms with Crippen LogP contribution in [0.2, 0.25) is 0 Å². The molecule has 0 radical (unpaired) electrons. The highest BCUT2D eigenvalue weighted by atomic mass is 16.5. The molecule has 0 spiro atoms. The van der Waals surface area contributed by atoms with Crippen LogP contribution in [0.3, 0.4) is 0 Å². The first kappa shape index (κ1) is 10.0. The number of rotatable bonds is 2. The third-order valence-corrected chi connectivity index (χ3v) is 2.76. The minimum atomic E-state index is 0.728. The number of methoxy groups -OCH3 is 1. The van der Waals surface area contributed by atoms with Crippen LogP contribution in [0.15, 0.2) is 24.3 Å². The molecule has 0 unspecified atom stereocenters. The molecule has 80 valence electrons. The van der Waals surface area contributed by atoms with Crippen LogP contribution < -0.4 is 9.64 Å². The lowest BCUT2D eigenvalue weighted by atomic mass is 10.1. The van der Waals surface area contributed by atoms with Crippen molar-refractivity contribution >= 4 is 11.5 Å². The number of benzene rings is 1. The first-order valence-corrected chi connectivity index (χ1v) is 5.30. The topological polar surface area (TPSA) is 36.3 Å². The van der Waals surface area contributed by atoms with Crippen molar-refractivity contribution in [3.63, 3.8) is 0 Å². The summed E-state index contributed by atoms with van der Waals surface area (Å²) in [5.74, 6) is 1.59. The molecule has 0 aromatic heterocycles. The van der Waals surface area contributed by atoms with Gasteiger partial charge in [-0.3, -0.25) is 5.41 Å². The molecule has 1 aliphatic heterocycles. The number of piperidine rings is 1. The molecule has 1 fully saturated rings. The maximum absolute atomic E-state index is 7.88. The second-order valence-electron chi connectivity index (χ2n) is 3.75. The fraction of sp³-hybridized carbons (Fsp3) is 0.417. The molecule has 1 aromatic rings. The second-order valence-corrected chi connectivity index (χ2v) is 3.75. The van der Waals surface area contributed by atoms with Crippen molar-refractivity contribution in [2.24, 2.45) is 0 Å². The Balaban J connectivity index is 2.17. The van der Waals surface area contributed by atoms with E-state index in [0.29, 0.717) is 0 Å². The van der Waals surface area contributed by atoms with Crippen LogP contribution in [0.4, 0.5) is 5.69 Å². The van der Waals surface area contributed by atoms with E-state index in [4.69, 9.17) is 10.1 Å². The normalized spacial score (nSPS) is 16.6. The van der Waals surface area contributed by atoms with Crippen molar-refractivity contribution in [1.82, 2.24) is 0 Å². The van der Waals surface area contributed by atoms with Crippen LogP contribution in [0.5, 0.6) is 5.75 Å². The average molecular weight is 204 g/mol. The van der Waals surface area contributed by atoms with Gasteiger partial charge < -0.3 is 9.64 Å². The maximum atomic E-state index is 7.88. The fourth-order valence-corrected chi connectivity index (χ4v) is 1.88. The van der Waals surface area contributed by atoms with Gasteiger partial charge in [0.15, 0.2) is 0 Å². The summed E-state index contributed by atoms with van der Waals surface area (Å²) in [5.41, 5.74) is 1.10. The molecule has 15 heavy (non-hydrogen) atoms. The number of ether oxygens (including phenoxy) is 1. The zero-order valence-corrected chi connectivity index (χ0v) is 8.99. The van der Waals surface area contributed by atoms with Crippen molar-refractivity contribution in [1.29, 1.82) is 5.41 Å². The monoisotopic (exact) mass is 204 g/mol. The Morgan fingerprint density at radius 2 is 1.93 bits per heavy atom. The van der Waals surface area contributed by atoms with Gasteiger partial charge in [-0.25, -0.2) is 0 Å². The predicted octanol–water partition coefficient (Wildman–Crippen LogP) is 2.66. The Hall–Kier alpha value is -1.51. The van der Waals surface area contributed by atoms with Crippen LogP contribution in [0, 0.1) is 5.41 Å². The molecular weight excluding hydrogens is 188 g/mol. The van der Waals surface area contributed by atoms with Crippen LogP contribution in [-0.2, 0) is 0 Å². The lowest BCUT2D eigenvalue weighted by Gasteiger charge is -2.29. The van der Waals surface area contributed by atoms with E-state index in [1.54, 1.807) is 7.11 Å². The molecule has 0 saturated carbocycles. The van der Waals surface area contributed by atoms with Crippen LogP contribution in [0.1, 0.15) is 19.3 Å². The van der Waals surface area contributed by atoms with Gasteiger partial charge in [0.2, 0.25) is 0 Å². The molecule has 1 N–H and O–H groups in total. The summed E-state index contributed by atoms with van der Waals surface area (Å²) < 4.78 is 5.11. The Morgan fingerprint density at radius 3 is 2.53 bits per heavy atom. The molecule has 3 nitrogen and oxygen atoms in total. The second kappa shape index (κ2) is 4.34. The van der Waals surface area contributed by atoms with Gasteiger partial charge in [0, 0.05) is 18.7 Å². The number of hydrogen-bond acceptors (Lipinski definition) is 2. The highest BCUT2D eigenvalue weighted by molar-refractivity contribution is 5.96. The van der Waals surface area contributed by atoms with Crippen LogP contribution in [0.25, 0.3) is 0 Å². The number of amidine groups is 1. The summed E-state index contributed by atoms with van der Waals surface area (Å²) in [4.78, 5) is 2.07. The molecule has 1 heterocycles. The van der Waals surface area contributed by atoms with Crippen molar-refractivity contribution in [3.8, 4) is 5.75 Å². The van der Waals surface area contributed by atoms with Crippen LogP contribution in [-0.4, -0.2) is 19.5 Å². The third-order valence-electron chi connectivity index (χ3n) is 2.76. The van der Waals surface area contributed by atoms with Crippen molar-refractivity contribution in [3.05, 3.63) is 24.3 Å². The molecule has 1 saturated heterocycles. The van der Waals surface area contributed by atoms with E-state index in [0.717, 1.165) is 36.7 Å². The Labute approximate surface area is 90.2 Å². The summed E-state index contributed by atoms with van der Waals surface area (Å²) >= 11 is 0. The molecule has 3 heteroatoms. The largest absolute Gasteiger partial charge is 0.497 e. The highest BCUT2D eigenvalue weighted by Gasteiger charge is 2.15. The highest BCUT2D eigenvalue weighted by Crippen LogP contribution is 2.23. The van der Waals surface area contributed by atoms with E-state index in [1.807, 2.05) is 24.3 Å². The van der Waals surface area contributed by atoms with Crippen LogP contribution >= 0.6 is 0 Å². The molecule has 0 atom stereocenters. The van der Waals surface area contributed by atoms with Gasteiger partial charge in [-0.05, 0) is 37.1 Å². The average Bonchev–Trinajstić information content (AvgIpc) is 2.30. The minimum absolute atomic E-state index is 0.728. The van der Waals surface area contributed by atoms with Gasteiger partial charge >= 0.3 is 0 Å². The smallest absolute Gasteiger partial charge is 0.119 e. The number of nitrogens with zero attached hydrogens (tertiary/aromatic N) is 1. The zero-order chi connectivity index (χ0) is 10.7. The Kier molecular flexibility index (Phi) is 2.90. The van der Waals surface area contributed by atoms with E-state index < -0.39 is 0 Å². The quantitative estimate of drug-likeness (QED) is 0.804. The Morgan fingerprint density at radius 1 is 1.20 bits per heavy atom. The molecule has 0 bridgehead atoms. The van der Waals surface area contributed by atoms with Crippen molar-refractivity contribution in [2.45, 2.75) is 19.3 Å². The predicted molar refractivity (Wildman–Crippen MR) is 61.9 cm³/mol. The van der Waals surface area contributed by atoms with E-state index in [1.165, 1.54) is 6.42 Å². The van der Waals surface area contributed by atoms with Gasteiger partial charge in [0.25, 0.3) is 0 Å².